The maximum absolute atomic E-state index is 10.3. The first kappa shape index (κ1) is 13.3. The van der Waals surface area contributed by atoms with Crippen molar-refractivity contribution in [3.8, 4) is 0 Å². The minimum Gasteiger partial charge on any atom is -0.386 e. The smallest absolute Gasteiger partial charge is 0.0996 e. The highest BCUT2D eigenvalue weighted by Gasteiger charge is 2.14. The molecule has 0 aliphatic carbocycles. The summed E-state index contributed by atoms with van der Waals surface area (Å²) in [7, 11) is 1.87. The number of aliphatic hydroxyl groups excluding tert-OH is 1. The van der Waals surface area contributed by atoms with E-state index in [0.29, 0.717) is 6.42 Å². The Hall–Kier alpha value is -1.13. The molecule has 1 atom stereocenters. The number of hydrogen-bond acceptors (Lipinski definition) is 2. The van der Waals surface area contributed by atoms with Gasteiger partial charge in [0.2, 0.25) is 0 Å². The molecule has 0 spiro atoms. The van der Waals surface area contributed by atoms with Gasteiger partial charge in [-0.25, -0.2) is 0 Å². The van der Waals surface area contributed by atoms with E-state index in [1.807, 2.05) is 37.4 Å². The van der Waals surface area contributed by atoms with Crippen molar-refractivity contribution in [2.45, 2.75) is 25.9 Å². The molecule has 4 heteroatoms. The minimum atomic E-state index is -0.517. The van der Waals surface area contributed by atoms with Crippen LogP contribution in [0.15, 0.2) is 34.8 Å². The third-order valence-electron chi connectivity index (χ3n) is 2.99. The number of nitrogens with zero attached hydrogens (tertiary/aromatic N) is 2. The maximum atomic E-state index is 10.3. The molecule has 2 aromatic rings. The number of aromatic nitrogens is 2. The largest absolute Gasteiger partial charge is 0.386 e. The molecule has 0 saturated carbocycles. The highest BCUT2D eigenvalue weighted by molar-refractivity contribution is 9.10. The Kier molecular flexibility index (Phi) is 4.19. The van der Waals surface area contributed by atoms with Crippen molar-refractivity contribution < 1.29 is 5.11 Å². The van der Waals surface area contributed by atoms with Gasteiger partial charge in [-0.2, -0.15) is 5.10 Å². The van der Waals surface area contributed by atoms with Gasteiger partial charge in [-0.1, -0.05) is 35.0 Å². The van der Waals surface area contributed by atoms with Crippen molar-refractivity contribution in [3.63, 3.8) is 0 Å². The van der Waals surface area contributed by atoms with E-state index in [2.05, 4.69) is 28.0 Å². The molecule has 1 aromatic heterocycles. The number of aryl methyl sites for hydroxylation is 2. The summed E-state index contributed by atoms with van der Waals surface area (Å²) in [5.74, 6) is 0. The van der Waals surface area contributed by atoms with Crippen molar-refractivity contribution >= 4 is 15.9 Å². The Labute approximate surface area is 116 Å². The average Bonchev–Trinajstić information content (AvgIpc) is 2.70. The van der Waals surface area contributed by atoms with Crippen LogP contribution in [-0.4, -0.2) is 14.9 Å². The number of halogens is 1. The van der Waals surface area contributed by atoms with Crippen molar-refractivity contribution in [1.29, 1.82) is 0 Å². The molecule has 18 heavy (non-hydrogen) atoms. The molecule has 3 nitrogen and oxygen atoms in total. The van der Waals surface area contributed by atoms with Crippen molar-refractivity contribution in [3.05, 3.63) is 51.8 Å². The standard InChI is InChI=1S/C14H17BrN2O/c1-3-12-9-13(17(2)16-12)14(18)8-10-5-4-6-11(15)7-10/h4-7,9,14,18H,3,8H2,1-2H3. The molecule has 0 fully saturated rings. The predicted molar refractivity (Wildman–Crippen MR) is 75.4 cm³/mol. The summed E-state index contributed by atoms with van der Waals surface area (Å²) in [6, 6.07) is 9.98. The van der Waals surface area contributed by atoms with Crippen LogP contribution in [-0.2, 0) is 19.9 Å². The monoisotopic (exact) mass is 308 g/mol. The van der Waals surface area contributed by atoms with Crippen LogP contribution in [0, 0.1) is 0 Å². The minimum absolute atomic E-state index is 0.517. The van der Waals surface area contributed by atoms with E-state index < -0.39 is 6.10 Å². The third kappa shape index (κ3) is 3.00. The van der Waals surface area contributed by atoms with Gasteiger partial charge in [0.1, 0.15) is 0 Å². The Morgan fingerprint density at radius 2 is 2.17 bits per heavy atom. The fourth-order valence-corrected chi connectivity index (χ4v) is 2.47. The lowest BCUT2D eigenvalue weighted by Gasteiger charge is -2.11. The Morgan fingerprint density at radius 1 is 1.39 bits per heavy atom. The topological polar surface area (TPSA) is 38.0 Å². The molecule has 96 valence electrons. The van der Waals surface area contributed by atoms with Crippen molar-refractivity contribution in [2.24, 2.45) is 7.05 Å². The molecule has 1 N–H and O–H groups in total. The molecule has 0 aliphatic heterocycles. The molecule has 0 bridgehead atoms. The van der Waals surface area contributed by atoms with E-state index in [-0.39, 0.29) is 0 Å². The average molecular weight is 309 g/mol. The summed E-state index contributed by atoms with van der Waals surface area (Å²) < 4.78 is 2.80. The number of hydrogen-bond donors (Lipinski definition) is 1. The van der Waals surface area contributed by atoms with E-state index in [4.69, 9.17) is 0 Å². The first-order valence-corrected chi connectivity index (χ1v) is 6.84. The van der Waals surface area contributed by atoms with Crippen molar-refractivity contribution in [1.82, 2.24) is 9.78 Å². The van der Waals surface area contributed by atoms with E-state index in [1.54, 1.807) is 4.68 Å². The first-order valence-electron chi connectivity index (χ1n) is 6.05. The second-order valence-corrected chi connectivity index (χ2v) is 5.30. The zero-order valence-electron chi connectivity index (χ0n) is 10.6. The SMILES string of the molecule is CCc1cc(C(O)Cc2cccc(Br)c2)n(C)n1. The maximum Gasteiger partial charge on any atom is 0.0996 e. The van der Waals surface area contributed by atoms with Crippen LogP contribution in [0.2, 0.25) is 0 Å². The van der Waals surface area contributed by atoms with Gasteiger partial charge in [-0.15, -0.1) is 0 Å². The lowest BCUT2D eigenvalue weighted by Crippen LogP contribution is -2.07. The Bertz CT molecular complexity index is 536. The fraction of sp³-hybridized carbons (Fsp3) is 0.357. The normalized spacial score (nSPS) is 12.7. The van der Waals surface area contributed by atoms with E-state index in [9.17, 15) is 5.11 Å². The molecule has 0 aliphatic rings. The fourth-order valence-electron chi connectivity index (χ4n) is 2.02. The molecule has 1 aromatic carbocycles. The van der Waals surface area contributed by atoms with Crippen LogP contribution in [0.3, 0.4) is 0 Å². The zero-order chi connectivity index (χ0) is 13.1. The summed E-state index contributed by atoms with van der Waals surface area (Å²) in [6.07, 6.45) is 0.969. The summed E-state index contributed by atoms with van der Waals surface area (Å²) in [5.41, 5.74) is 2.99. The first-order chi connectivity index (χ1) is 8.60. The highest BCUT2D eigenvalue weighted by Crippen LogP contribution is 2.21. The van der Waals surface area contributed by atoms with Gasteiger partial charge in [-0.05, 0) is 30.2 Å². The Balaban J connectivity index is 2.16. The molecule has 0 saturated heterocycles. The van der Waals surface area contributed by atoms with E-state index in [0.717, 1.165) is 27.8 Å². The number of benzene rings is 1. The molecule has 0 amide bonds. The van der Waals surface area contributed by atoms with Crippen LogP contribution in [0.5, 0.6) is 0 Å². The number of rotatable bonds is 4. The summed E-state index contributed by atoms with van der Waals surface area (Å²) in [4.78, 5) is 0. The van der Waals surface area contributed by atoms with E-state index >= 15 is 0 Å². The summed E-state index contributed by atoms with van der Waals surface area (Å²) >= 11 is 3.44. The van der Waals surface area contributed by atoms with Crippen LogP contribution < -0.4 is 0 Å². The lowest BCUT2D eigenvalue weighted by atomic mass is 10.1. The molecular formula is C14H17BrN2O. The van der Waals surface area contributed by atoms with Crippen LogP contribution >= 0.6 is 15.9 Å². The van der Waals surface area contributed by atoms with Gasteiger partial charge in [0.05, 0.1) is 17.5 Å². The second-order valence-electron chi connectivity index (χ2n) is 4.39. The highest BCUT2D eigenvalue weighted by atomic mass is 79.9. The van der Waals surface area contributed by atoms with Crippen LogP contribution in [0.4, 0.5) is 0 Å². The van der Waals surface area contributed by atoms with Crippen LogP contribution in [0.25, 0.3) is 0 Å². The van der Waals surface area contributed by atoms with Gasteiger partial charge in [-0.3, -0.25) is 4.68 Å². The van der Waals surface area contributed by atoms with Gasteiger partial charge in [0, 0.05) is 17.9 Å². The predicted octanol–water partition coefficient (Wildman–Crippen LogP) is 3.02. The number of aliphatic hydroxyl groups is 1. The molecular weight excluding hydrogens is 292 g/mol. The molecule has 2 rings (SSSR count). The summed E-state index contributed by atoms with van der Waals surface area (Å²) in [6.45, 7) is 2.06. The van der Waals surface area contributed by atoms with Gasteiger partial charge >= 0.3 is 0 Å². The van der Waals surface area contributed by atoms with Crippen LogP contribution in [0.1, 0.15) is 30.0 Å². The molecule has 0 radical (unpaired) electrons. The second kappa shape index (κ2) is 5.67. The van der Waals surface area contributed by atoms with Gasteiger partial charge < -0.3 is 5.11 Å². The lowest BCUT2D eigenvalue weighted by molar-refractivity contribution is 0.168. The summed E-state index contributed by atoms with van der Waals surface area (Å²) in [5, 5.41) is 14.6. The third-order valence-corrected chi connectivity index (χ3v) is 3.48. The quantitative estimate of drug-likeness (QED) is 0.943. The molecule has 1 unspecified atom stereocenters. The van der Waals surface area contributed by atoms with Gasteiger partial charge in [0.15, 0.2) is 0 Å². The zero-order valence-corrected chi connectivity index (χ0v) is 12.2. The Morgan fingerprint density at radius 3 is 2.78 bits per heavy atom. The van der Waals surface area contributed by atoms with Gasteiger partial charge in [0.25, 0.3) is 0 Å². The van der Waals surface area contributed by atoms with Crippen molar-refractivity contribution in [2.75, 3.05) is 0 Å². The van der Waals surface area contributed by atoms with E-state index in [1.165, 1.54) is 0 Å². The molecule has 1 heterocycles.